The van der Waals surface area contributed by atoms with Crippen LogP contribution in [0.5, 0.6) is 0 Å². The van der Waals surface area contributed by atoms with Crippen molar-refractivity contribution in [2.24, 2.45) is 0 Å². The number of unbranched alkanes of at least 4 members (excludes halogenated alkanes) is 1. The summed E-state index contributed by atoms with van der Waals surface area (Å²) in [5.74, 6) is -0.508. The number of carbonyl (C=O) groups excluding carboxylic acids is 2. The van der Waals surface area contributed by atoms with Gasteiger partial charge in [0.2, 0.25) is 5.91 Å². The highest BCUT2D eigenvalue weighted by Gasteiger charge is 2.27. The van der Waals surface area contributed by atoms with Gasteiger partial charge in [-0.15, -0.1) is 0 Å². The van der Waals surface area contributed by atoms with E-state index < -0.39 is 0 Å². The first-order valence-electron chi connectivity index (χ1n) is 6.29. The van der Waals surface area contributed by atoms with Gasteiger partial charge in [0.25, 0.3) is 0 Å². The summed E-state index contributed by atoms with van der Waals surface area (Å²) in [6.07, 6.45) is 4.51. The van der Waals surface area contributed by atoms with Crippen LogP contribution in [0, 0.1) is 0 Å². The molecule has 1 atom stereocenters. The Bertz CT molecular complexity index is 338. The maximum Gasteiger partial charge on any atom is 0.335 e. The quantitative estimate of drug-likeness (QED) is 0.555. The Hall–Kier alpha value is -1.36. The van der Waals surface area contributed by atoms with E-state index in [1.54, 1.807) is 6.20 Å². The molecule has 1 unspecified atom stereocenters. The van der Waals surface area contributed by atoms with Crippen molar-refractivity contribution >= 4 is 11.9 Å². The minimum Gasteiger partial charge on any atom is -0.466 e. The highest BCUT2D eigenvalue weighted by atomic mass is 16.5. The largest absolute Gasteiger partial charge is 0.466 e. The molecule has 0 bridgehead atoms. The number of methoxy groups -OCH3 is 1. The van der Waals surface area contributed by atoms with Crippen LogP contribution in [0.3, 0.4) is 0 Å². The molecular weight excluding hydrogens is 234 g/mol. The molecular formula is C13H21NO4. The van der Waals surface area contributed by atoms with Gasteiger partial charge < -0.3 is 9.47 Å². The molecule has 0 aromatic carbocycles. The van der Waals surface area contributed by atoms with Crippen LogP contribution in [0.2, 0.25) is 0 Å². The van der Waals surface area contributed by atoms with Crippen molar-refractivity contribution in [3.63, 3.8) is 0 Å². The van der Waals surface area contributed by atoms with E-state index in [4.69, 9.17) is 4.74 Å². The van der Waals surface area contributed by atoms with Gasteiger partial charge in [-0.2, -0.15) is 0 Å². The van der Waals surface area contributed by atoms with Crippen LogP contribution in [-0.2, 0) is 19.1 Å². The van der Waals surface area contributed by atoms with Crippen molar-refractivity contribution in [1.29, 1.82) is 0 Å². The van der Waals surface area contributed by atoms with Crippen molar-refractivity contribution < 1.29 is 19.1 Å². The Morgan fingerprint density at radius 1 is 1.50 bits per heavy atom. The molecule has 1 rings (SSSR count). The normalized spacial score (nSPS) is 19.4. The van der Waals surface area contributed by atoms with Crippen LogP contribution in [0.1, 0.15) is 39.5 Å². The van der Waals surface area contributed by atoms with Gasteiger partial charge in [-0.3, -0.25) is 9.69 Å². The predicted molar refractivity (Wildman–Crippen MR) is 66.5 cm³/mol. The number of amides is 1. The third kappa shape index (κ3) is 3.84. The van der Waals surface area contributed by atoms with E-state index in [1.165, 1.54) is 18.9 Å². The van der Waals surface area contributed by atoms with Crippen LogP contribution in [0.25, 0.3) is 0 Å². The molecule has 0 aromatic heterocycles. The van der Waals surface area contributed by atoms with Gasteiger partial charge in [0.15, 0.2) is 0 Å². The Morgan fingerprint density at radius 2 is 2.22 bits per heavy atom. The lowest BCUT2D eigenvalue weighted by Gasteiger charge is -2.32. The van der Waals surface area contributed by atoms with E-state index in [0.29, 0.717) is 25.0 Å². The number of rotatable bonds is 5. The fourth-order valence-electron chi connectivity index (χ4n) is 1.84. The van der Waals surface area contributed by atoms with Gasteiger partial charge >= 0.3 is 5.97 Å². The Balaban J connectivity index is 2.70. The van der Waals surface area contributed by atoms with Gasteiger partial charge in [0, 0.05) is 19.7 Å². The lowest BCUT2D eigenvalue weighted by Crippen LogP contribution is -2.40. The average molecular weight is 255 g/mol. The SMILES string of the molecule is CCCCOC1CCC(C(=O)OC)=CN1C(C)=O. The van der Waals surface area contributed by atoms with E-state index in [9.17, 15) is 9.59 Å². The van der Waals surface area contributed by atoms with Crippen LogP contribution in [0.15, 0.2) is 11.8 Å². The number of hydrogen-bond acceptors (Lipinski definition) is 4. The van der Waals surface area contributed by atoms with E-state index in [0.717, 1.165) is 12.8 Å². The zero-order valence-corrected chi connectivity index (χ0v) is 11.3. The van der Waals surface area contributed by atoms with Gasteiger partial charge in [0.05, 0.1) is 12.7 Å². The fraction of sp³-hybridized carbons (Fsp3) is 0.692. The summed E-state index contributed by atoms with van der Waals surface area (Å²) in [5, 5.41) is 0. The van der Waals surface area contributed by atoms with Crippen LogP contribution in [0.4, 0.5) is 0 Å². The molecule has 18 heavy (non-hydrogen) atoms. The van der Waals surface area contributed by atoms with Crippen molar-refractivity contribution in [2.75, 3.05) is 13.7 Å². The Morgan fingerprint density at radius 3 is 2.78 bits per heavy atom. The molecule has 5 heteroatoms. The van der Waals surface area contributed by atoms with Gasteiger partial charge in [-0.25, -0.2) is 4.79 Å². The smallest absolute Gasteiger partial charge is 0.335 e. The molecule has 1 heterocycles. The lowest BCUT2D eigenvalue weighted by molar-refractivity contribution is -0.141. The van der Waals surface area contributed by atoms with Crippen LogP contribution >= 0.6 is 0 Å². The van der Waals surface area contributed by atoms with Gasteiger partial charge in [0.1, 0.15) is 6.23 Å². The number of carbonyl (C=O) groups is 2. The number of esters is 1. The summed E-state index contributed by atoms with van der Waals surface area (Å²) in [4.78, 5) is 24.5. The molecule has 0 aromatic rings. The fourth-order valence-corrected chi connectivity index (χ4v) is 1.84. The zero-order chi connectivity index (χ0) is 13.5. The highest BCUT2D eigenvalue weighted by Crippen LogP contribution is 2.22. The molecule has 0 spiro atoms. The minimum absolute atomic E-state index is 0.127. The molecule has 0 saturated heterocycles. The zero-order valence-electron chi connectivity index (χ0n) is 11.3. The Kier molecular flexibility index (Phi) is 5.85. The van der Waals surface area contributed by atoms with Crippen molar-refractivity contribution in [1.82, 2.24) is 4.90 Å². The topological polar surface area (TPSA) is 55.8 Å². The number of ether oxygens (including phenoxy) is 2. The van der Waals surface area contributed by atoms with Crippen LogP contribution < -0.4 is 0 Å². The third-order valence-electron chi connectivity index (χ3n) is 2.89. The second kappa shape index (κ2) is 7.16. The number of hydrogen-bond donors (Lipinski definition) is 0. The van der Waals surface area contributed by atoms with Gasteiger partial charge in [-0.1, -0.05) is 13.3 Å². The highest BCUT2D eigenvalue weighted by molar-refractivity contribution is 5.89. The monoisotopic (exact) mass is 255 g/mol. The summed E-state index contributed by atoms with van der Waals surface area (Å²) in [7, 11) is 1.34. The first-order chi connectivity index (χ1) is 8.60. The summed E-state index contributed by atoms with van der Waals surface area (Å²) in [6, 6.07) is 0. The molecule has 0 radical (unpaired) electrons. The van der Waals surface area contributed by atoms with Crippen molar-refractivity contribution in [3.05, 3.63) is 11.8 Å². The molecule has 0 N–H and O–H groups in total. The predicted octanol–water partition coefficient (Wildman–Crippen LogP) is 1.83. The summed E-state index contributed by atoms with van der Waals surface area (Å²) < 4.78 is 10.3. The summed E-state index contributed by atoms with van der Waals surface area (Å²) >= 11 is 0. The third-order valence-corrected chi connectivity index (χ3v) is 2.89. The second-order valence-electron chi connectivity index (χ2n) is 4.29. The maximum atomic E-state index is 11.5. The maximum absolute atomic E-state index is 11.5. The number of nitrogens with zero attached hydrogens (tertiary/aromatic N) is 1. The molecule has 5 nitrogen and oxygen atoms in total. The summed E-state index contributed by atoms with van der Waals surface area (Å²) in [5.41, 5.74) is 0.517. The van der Waals surface area contributed by atoms with E-state index in [-0.39, 0.29) is 18.1 Å². The second-order valence-corrected chi connectivity index (χ2v) is 4.29. The molecule has 0 fully saturated rings. The molecule has 1 aliphatic rings. The molecule has 1 aliphatic heterocycles. The summed E-state index contributed by atoms with van der Waals surface area (Å²) in [6.45, 7) is 4.18. The molecule has 102 valence electrons. The van der Waals surface area contributed by atoms with E-state index >= 15 is 0 Å². The Labute approximate surface area is 108 Å². The van der Waals surface area contributed by atoms with Crippen molar-refractivity contribution in [3.8, 4) is 0 Å². The van der Waals surface area contributed by atoms with Gasteiger partial charge in [-0.05, 0) is 19.3 Å². The van der Waals surface area contributed by atoms with E-state index in [1.807, 2.05) is 0 Å². The van der Waals surface area contributed by atoms with Crippen molar-refractivity contribution in [2.45, 2.75) is 45.8 Å². The minimum atomic E-state index is -0.381. The lowest BCUT2D eigenvalue weighted by atomic mass is 10.1. The first kappa shape index (κ1) is 14.7. The molecule has 1 amide bonds. The van der Waals surface area contributed by atoms with Crippen LogP contribution in [-0.4, -0.2) is 36.7 Å². The first-order valence-corrected chi connectivity index (χ1v) is 6.29. The molecule has 0 saturated carbocycles. The molecule has 0 aliphatic carbocycles. The van der Waals surface area contributed by atoms with E-state index in [2.05, 4.69) is 11.7 Å². The average Bonchev–Trinajstić information content (AvgIpc) is 2.38. The standard InChI is InChI=1S/C13H21NO4/c1-4-5-8-18-12-7-6-11(13(16)17-3)9-14(12)10(2)15/h9,12H,4-8H2,1-3H3.